The second-order valence-corrected chi connectivity index (χ2v) is 6.65. The maximum atomic E-state index is 12.2. The zero-order valence-electron chi connectivity index (χ0n) is 13.6. The number of rotatable bonds is 3. The van der Waals surface area contributed by atoms with Gasteiger partial charge in [0.25, 0.3) is 5.91 Å². The Bertz CT molecular complexity index is 710. The molecule has 3 N–H and O–H groups in total. The highest BCUT2D eigenvalue weighted by atomic mass is 16.2. The van der Waals surface area contributed by atoms with Gasteiger partial charge in [0.15, 0.2) is 0 Å². The maximum absolute atomic E-state index is 12.2. The number of pyridine rings is 1. The fraction of sp³-hybridized carbons (Fsp3) is 0.438. The normalized spacial score (nSPS) is 11.7. The van der Waals surface area contributed by atoms with Gasteiger partial charge < -0.3 is 15.6 Å². The number of fused-ring (bicyclic) bond motifs is 1. The summed E-state index contributed by atoms with van der Waals surface area (Å²) in [7, 11) is 0. The van der Waals surface area contributed by atoms with Crippen molar-refractivity contribution in [3.63, 3.8) is 0 Å². The number of aromatic amines is 1. The van der Waals surface area contributed by atoms with Gasteiger partial charge in [-0.15, -0.1) is 0 Å². The van der Waals surface area contributed by atoms with E-state index in [1.54, 1.807) is 18.5 Å². The van der Waals surface area contributed by atoms with E-state index in [1.807, 2.05) is 34.6 Å². The number of amides is 2. The van der Waals surface area contributed by atoms with E-state index in [2.05, 4.69) is 20.6 Å². The fourth-order valence-corrected chi connectivity index (χ4v) is 1.92. The van der Waals surface area contributed by atoms with E-state index in [1.165, 1.54) is 0 Å². The van der Waals surface area contributed by atoms with Gasteiger partial charge in [0.05, 0.1) is 17.4 Å². The Kier molecular flexibility index (Phi) is 4.21. The van der Waals surface area contributed by atoms with Crippen LogP contribution in [-0.2, 0) is 4.79 Å². The minimum atomic E-state index is -0.495. The molecule has 2 amide bonds. The minimum Gasteiger partial charge on any atom is -0.350 e. The van der Waals surface area contributed by atoms with E-state index in [0.29, 0.717) is 22.3 Å². The van der Waals surface area contributed by atoms with Crippen LogP contribution in [-0.4, -0.2) is 27.8 Å². The van der Waals surface area contributed by atoms with Crippen LogP contribution in [0.4, 0.5) is 5.69 Å². The number of anilines is 1. The van der Waals surface area contributed by atoms with Gasteiger partial charge in [-0.05, 0) is 19.9 Å². The quantitative estimate of drug-likeness (QED) is 0.814. The molecule has 0 aliphatic heterocycles. The summed E-state index contributed by atoms with van der Waals surface area (Å²) in [6, 6.07) is 1.81. The maximum Gasteiger partial charge on any atom is 0.253 e. The third-order valence-corrected chi connectivity index (χ3v) is 3.13. The van der Waals surface area contributed by atoms with Gasteiger partial charge in [0.1, 0.15) is 5.65 Å². The lowest BCUT2D eigenvalue weighted by Gasteiger charge is -2.17. The summed E-state index contributed by atoms with van der Waals surface area (Å²) in [5.74, 6) is -0.264. The molecule has 0 atom stereocenters. The topological polar surface area (TPSA) is 86.9 Å². The van der Waals surface area contributed by atoms with Crippen molar-refractivity contribution in [2.45, 2.75) is 40.7 Å². The van der Waals surface area contributed by atoms with E-state index in [-0.39, 0.29) is 17.9 Å². The van der Waals surface area contributed by atoms with E-state index < -0.39 is 5.41 Å². The third-order valence-electron chi connectivity index (χ3n) is 3.13. The van der Waals surface area contributed by atoms with Gasteiger partial charge >= 0.3 is 0 Å². The summed E-state index contributed by atoms with van der Waals surface area (Å²) < 4.78 is 0. The molecule has 2 heterocycles. The Morgan fingerprint density at radius 2 is 1.95 bits per heavy atom. The predicted molar refractivity (Wildman–Crippen MR) is 86.8 cm³/mol. The summed E-state index contributed by atoms with van der Waals surface area (Å²) >= 11 is 0. The highest BCUT2D eigenvalue weighted by Crippen LogP contribution is 2.22. The first-order valence-electron chi connectivity index (χ1n) is 7.28. The highest BCUT2D eigenvalue weighted by Gasteiger charge is 2.22. The molecule has 0 fully saturated rings. The lowest BCUT2D eigenvalue weighted by atomic mass is 9.95. The van der Waals surface area contributed by atoms with Crippen molar-refractivity contribution in [2.24, 2.45) is 5.41 Å². The van der Waals surface area contributed by atoms with Crippen molar-refractivity contribution >= 4 is 28.5 Å². The van der Waals surface area contributed by atoms with Crippen LogP contribution in [0.3, 0.4) is 0 Å². The Morgan fingerprint density at radius 3 is 2.55 bits per heavy atom. The first kappa shape index (κ1) is 16.0. The van der Waals surface area contributed by atoms with E-state index in [4.69, 9.17) is 0 Å². The van der Waals surface area contributed by atoms with E-state index >= 15 is 0 Å². The monoisotopic (exact) mass is 302 g/mol. The number of hydrogen-bond acceptors (Lipinski definition) is 3. The number of H-pyrrole nitrogens is 1. The van der Waals surface area contributed by atoms with Crippen LogP contribution in [0.2, 0.25) is 0 Å². The molecule has 6 heteroatoms. The molecule has 0 aromatic carbocycles. The number of aromatic nitrogens is 2. The first-order chi connectivity index (χ1) is 10.2. The Balaban J connectivity index is 2.33. The largest absolute Gasteiger partial charge is 0.350 e. The molecule has 118 valence electrons. The van der Waals surface area contributed by atoms with Crippen LogP contribution in [0.25, 0.3) is 11.0 Å². The first-order valence-corrected chi connectivity index (χ1v) is 7.28. The summed E-state index contributed by atoms with van der Waals surface area (Å²) in [4.78, 5) is 31.4. The number of nitrogens with one attached hydrogen (secondary N) is 3. The lowest BCUT2D eigenvalue weighted by molar-refractivity contribution is -0.123. The molecule has 0 aliphatic carbocycles. The number of hydrogen-bond donors (Lipinski definition) is 3. The van der Waals surface area contributed by atoms with Gasteiger partial charge in [-0.1, -0.05) is 20.8 Å². The summed E-state index contributed by atoms with van der Waals surface area (Å²) in [5, 5.41) is 6.36. The molecule has 2 aromatic rings. The second kappa shape index (κ2) is 5.79. The third kappa shape index (κ3) is 3.44. The molecule has 0 aliphatic rings. The van der Waals surface area contributed by atoms with Gasteiger partial charge in [0, 0.05) is 23.0 Å². The van der Waals surface area contributed by atoms with Gasteiger partial charge in [-0.3, -0.25) is 9.59 Å². The Morgan fingerprint density at radius 1 is 1.27 bits per heavy atom. The average Bonchev–Trinajstić information content (AvgIpc) is 2.79. The van der Waals surface area contributed by atoms with Crippen LogP contribution < -0.4 is 10.6 Å². The SMILES string of the molecule is CC(C)NC(=O)c1c[nH]c2ncc(NC(=O)C(C)(C)C)cc12. The molecule has 2 rings (SSSR count). The van der Waals surface area contributed by atoms with Gasteiger partial charge in [-0.25, -0.2) is 4.98 Å². The molecule has 0 spiro atoms. The minimum absolute atomic E-state index is 0.0502. The number of nitrogens with zero attached hydrogens (tertiary/aromatic N) is 1. The van der Waals surface area contributed by atoms with Crippen molar-refractivity contribution in [1.82, 2.24) is 15.3 Å². The molecule has 0 saturated heterocycles. The molecule has 0 unspecified atom stereocenters. The lowest BCUT2D eigenvalue weighted by Crippen LogP contribution is -2.30. The van der Waals surface area contributed by atoms with Crippen molar-refractivity contribution in [3.05, 3.63) is 24.0 Å². The van der Waals surface area contributed by atoms with E-state index in [9.17, 15) is 9.59 Å². The zero-order valence-corrected chi connectivity index (χ0v) is 13.6. The zero-order chi connectivity index (χ0) is 16.5. The van der Waals surface area contributed by atoms with Crippen molar-refractivity contribution in [1.29, 1.82) is 0 Å². The van der Waals surface area contributed by atoms with Gasteiger partial charge in [0.2, 0.25) is 5.91 Å². The van der Waals surface area contributed by atoms with E-state index in [0.717, 1.165) is 0 Å². The van der Waals surface area contributed by atoms with Crippen LogP contribution in [0.1, 0.15) is 45.0 Å². The van der Waals surface area contributed by atoms with Crippen LogP contribution in [0, 0.1) is 5.41 Å². The van der Waals surface area contributed by atoms with Crippen molar-refractivity contribution < 1.29 is 9.59 Å². The van der Waals surface area contributed by atoms with Crippen LogP contribution in [0.15, 0.2) is 18.5 Å². The number of carbonyl (C=O) groups is 2. The summed E-state index contributed by atoms with van der Waals surface area (Å²) in [6.45, 7) is 9.32. The molecular weight excluding hydrogens is 280 g/mol. The second-order valence-electron chi connectivity index (χ2n) is 6.65. The molecule has 2 aromatic heterocycles. The summed E-state index contributed by atoms with van der Waals surface area (Å²) in [5.41, 5.74) is 1.21. The molecular formula is C16H22N4O2. The highest BCUT2D eigenvalue weighted by molar-refractivity contribution is 6.07. The Labute approximate surface area is 129 Å². The van der Waals surface area contributed by atoms with Crippen LogP contribution >= 0.6 is 0 Å². The Hall–Kier alpha value is -2.37. The molecule has 0 radical (unpaired) electrons. The fourth-order valence-electron chi connectivity index (χ4n) is 1.92. The molecule has 6 nitrogen and oxygen atoms in total. The predicted octanol–water partition coefficient (Wildman–Crippen LogP) is 2.69. The molecule has 0 saturated carbocycles. The van der Waals surface area contributed by atoms with Crippen molar-refractivity contribution in [2.75, 3.05) is 5.32 Å². The number of carbonyl (C=O) groups excluding carboxylic acids is 2. The van der Waals surface area contributed by atoms with Crippen LogP contribution in [0.5, 0.6) is 0 Å². The molecule has 0 bridgehead atoms. The van der Waals surface area contributed by atoms with Gasteiger partial charge in [-0.2, -0.15) is 0 Å². The average molecular weight is 302 g/mol. The summed E-state index contributed by atoms with van der Waals surface area (Å²) in [6.07, 6.45) is 3.21. The smallest absolute Gasteiger partial charge is 0.253 e. The molecule has 22 heavy (non-hydrogen) atoms. The standard InChI is InChI=1S/C16H22N4O2/c1-9(2)19-14(21)12-8-18-13-11(12)6-10(7-17-13)20-15(22)16(3,4)5/h6-9H,1-5H3,(H,17,18)(H,19,21)(H,20,22). The van der Waals surface area contributed by atoms with Crippen molar-refractivity contribution in [3.8, 4) is 0 Å².